The summed E-state index contributed by atoms with van der Waals surface area (Å²) in [4.78, 5) is 0. The molecule has 0 spiro atoms. The molecule has 3 nitrogen and oxygen atoms in total. The van der Waals surface area contributed by atoms with Crippen LogP contribution >= 0.6 is 0 Å². The second-order valence-electron chi connectivity index (χ2n) is 3.74. The lowest BCUT2D eigenvalue weighted by Crippen LogP contribution is -2.22. The zero-order valence-electron chi connectivity index (χ0n) is 8.70. The van der Waals surface area contributed by atoms with Crippen molar-refractivity contribution in [2.45, 2.75) is 13.5 Å². The van der Waals surface area contributed by atoms with Crippen molar-refractivity contribution < 1.29 is 14.6 Å². The Kier molecular flexibility index (Phi) is 4.52. The number of halogens is 1. The Morgan fingerprint density at radius 1 is 1.40 bits per heavy atom. The van der Waals surface area contributed by atoms with Gasteiger partial charge >= 0.3 is 0 Å². The molecular weight excluding hydrogens is 197 g/mol. The van der Waals surface area contributed by atoms with Gasteiger partial charge in [-0.05, 0) is 23.6 Å². The third-order valence-corrected chi connectivity index (χ3v) is 2.08. The van der Waals surface area contributed by atoms with Gasteiger partial charge < -0.3 is 15.5 Å². The first-order valence-electron chi connectivity index (χ1n) is 4.92. The topological polar surface area (TPSA) is 52.5 Å². The highest BCUT2D eigenvalue weighted by molar-refractivity contribution is 5.28. The molecule has 4 heteroatoms. The van der Waals surface area contributed by atoms with E-state index in [1.807, 2.05) is 6.92 Å². The molecule has 0 fully saturated rings. The molecule has 0 aliphatic heterocycles. The van der Waals surface area contributed by atoms with Gasteiger partial charge in [0.15, 0.2) is 0 Å². The van der Waals surface area contributed by atoms with Crippen LogP contribution in [0.3, 0.4) is 0 Å². The Morgan fingerprint density at radius 2 is 2.13 bits per heavy atom. The summed E-state index contributed by atoms with van der Waals surface area (Å²) in [5.74, 6) is -0.337. The predicted octanol–water partition coefficient (Wildman–Crippen LogP) is 1.25. The molecule has 0 aromatic heterocycles. The van der Waals surface area contributed by atoms with E-state index in [-0.39, 0.29) is 18.3 Å². The number of benzene rings is 1. The van der Waals surface area contributed by atoms with Crippen LogP contribution in [0, 0.1) is 11.7 Å². The van der Waals surface area contributed by atoms with Crippen molar-refractivity contribution in [1.82, 2.24) is 5.32 Å². The molecule has 3 N–H and O–H groups in total. The van der Waals surface area contributed by atoms with Crippen LogP contribution in [0.2, 0.25) is 0 Å². The Bertz CT molecular complexity index is 297. The van der Waals surface area contributed by atoms with Crippen LogP contribution in [0.15, 0.2) is 18.2 Å². The fourth-order valence-corrected chi connectivity index (χ4v) is 1.26. The molecule has 1 aromatic carbocycles. The van der Waals surface area contributed by atoms with Crippen LogP contribution in [0.25, 0.3) is 0 Å². The zero-order valence-corrected chi connectivity index (χ0v) is 8.70. The van der Waals surface area contributed by atoms with Crippen LogP contribution in [0.5, 0.6) is 5.75 Å². The van der Waals surface area contributed by atoms with Crippen LogP contribution in [-0.4, -0.2) is 23.4 Å². The van der Waals surface area contributed by atoms with Gasteiger partial charge in [-0.15, -0.1) is 0 Å². The first-order valence-corrected chi connectivity index (χ1v) is 4.92. The van der Waals surface area contributed by atoms with Crippen LogP contribution < -0.4 is 5.32 Å². The van der Waals surface area contributed by atoms with E-state index in [0.29, 0.717) is 18.7 Å². The summed E-state index contributed by atoms with van der Waals surface area (Å²) < 4.78 is 12.9. The molecule has 15 heavy (non-hydrogen) atoms. The summed E-state index contributed by atoms with van der Waals surface area (Å²) in [6, 6.07) is 3.95. The SMILES string of the molecule is CC(CO)CNCc1cc(O)cc(F)c1. The standard InChI is InChI=1S/C11H16FNO2/c1-8(7-14)5-13-6-9-2-10(12)4-11(15)3-9/h2-4,8,13-15H,5-7H2,1H3. The minimum atomic E-state index is -0.443. The van der Waals surface area contributed by atoms with Crippen molar-refractivity contribution >= 4 is 0 Å². The summed E-state index contributed by atoms with van der Waals surface area (Å²) in [6.45, 7) is 3.18. The molecule has 0 radical (unpaired) electrons. The van der Waals surface area contributed by atoms with E-state index in [0.717, 1.165) is 6.07 Å². The van der Waals surface area contributed by atoms with Crippen molar-refractivity contribution in [2.24, 2.45) is 5.92 Å². The summed E-state index contributed by atoms with van der Waals surface area (Å²) in [7, 11) is 0. The third-order valence-electron chi connectivity index (χ3n) is 2.08. The average Bonchev–Trinajstić information content (AvgIpc) is 2.16. The number of phenolic OH excluding ortho intramolecular Hbond substituents is 1. The quantitative estimate of drug-likeness (QED) is 0.690. The van der Waals surface area contributed by atoms with Gasteiger partial charge in [0.05, 0.1) is 0 Å². The molecule has 1 aromatic rings. The molecule has 1 unspecified atom stereocenters. The monoisotopic (exact) mass is 213 g/mol. The summed E-state index contributed by atoms with van der Waals surface area (Å²) in [5.41, 5.74) is 0.692. The maximum Gasteiger partial charge on any atom is 0.127 e. The number of aliphatic hydroxyl groups is 1. The number of nitrogens with one attached hydrogen (secondary N) is 1. The van der Waals surface area contributed by atoms with Crippen LogP contribution in [0.1, 0.15) is 12.5 Å². The minimum Gasteiger partial charge on any atom is -0.508 e. The van der Waals surface area contributed by atoms with Crippen LogP contribution in [0.4, 0.5) is 4.39 Å². The number of phenols is 1. The Labute approximate surface area is 88.6 Å². The molecule has 84 valence electrons. The fraction of sp³-hybridized carbons (Fsp3) is 0.455. The number of aliphatic hydroxyl groups excluding tert-OH is 1. The van der Waals surface area contributed by atoms with Gasteiger partial charge in [-0.2, -0.15) is 0 Å². The van der Waals surface area contributed by atoms with E-state index in [9.17, 15) is 4.39 Å². The Balaban J connectivity index is 2.43. The van der Waals surface area contributed by atoms with Crippen molar-refractivity contribution in [3.63, 3.8) is 0 Å². The van der Waals surface area contributed by atoms with Gasteiger partial charge in [0.25, 0.3) is 0 Å². The van der Waals surface area contributed by atoms with E-state index in [1.165, 1.54) is 12.1 Å². The maximum atomic E-state index is 12.9. The average molecular weight is 213 g/mol. The number of hydrogen-bond donors (Lipinski definition) is 3. The van der Waals surface area contributed by atoms with E-state index >= 15 is 0 Å². The van der Waals surface area contributed by atoms with Crippen molar-refractivity contribution in [3.05, 3.63) is 29.6 Å². The van der Waals surface area contributed by atoms with E-state index in [2.05, 4.69) is 5.32 Å². The van der Waals surface area contributed by atoms with Gasteiger partial charge in [-0.25, -0.2) is 4.39 Å². The first kappa shape index (κ1) is 11.9. The van der Waals surface area contributed by atoms with Crippen LogP contribution in [-0.2, 0) is 6.54 Å². The van der Waals surface area contributed by atoms with Crippen molar-refractivity contribution in [1.29, 1.82) is 0 Å². The molecule has 0 bridgehead atoms. The molecule has 1 rings (SSSR count). The largest absolute Gasteiger partial charge is 0.508 e. The van der Waals surface area contributed by atoms with Gasteiger partial charge in [0.2, 0.25) is 0 Å². The second-order valence-corrected chi connectivity index (χ2v) is 3.74. The molecular formula is C11H16FNO2. The number of rotatable bonds is 5. The van der Waals surface area contributed by atoms with Gasteiger partial charge in [0, 0.05) is 25.8 Å². The highest BCUT2D eigenvalue weighted by Crippen LogP contribution is 2.14. The lowest BCUT2D eigenvalue weighted by Gasteiger charge is -2.09. The maximum absolute atomic E-state index is 12.9. The highest BCUT2D eigenvalue weighted by atomic mass is 19.1. The number of hydrogen-bond acceptors (Lipinski definition) is 3. The Morgan fingerprint density at radius 3 is 2.73 bits per heavy atom. The summed E-state index contributed by atoms with van der Waals surface area (Å²) in [5, 5.41) is 21.0. The van der Waals surface area contributed by atoms with Gasteiger partial charge in [0.1, 0.15) is 11.6 Å². The molecule has 1 atom stereocenters. The Hall–Kier alpha value is -1.13. The first-order chi connectivity index (χ1) is 7.11. The molecule has 0 amide bonds. The number of aromatic hydroxyl groups is 1. The van der Waals surface area contributed by atoms with Gasteiger partial charge in [-0.1, -0.05) is 6.92 Å². The lowest BCUT2D eigenvalue weighted by molar-refractivity contribution is 0.233. The van der Waals surface area contributed by atoms with E-state index in [1.54, 1.807) is 0 Å². The van der Waals surface area contributed by atoms with E-state index < -0.39 is 5.82 Å². The molecule has 0 heterocycles. The minimum absolute atomic E-state index is 0.0676. The van der Waals surface area contributed by atoms with Crippen molar-refractivity contribution in [2.75, 3.05) is 13.2 Å². The van der Waals surface area contributed by atoms with Crippen molar-refractivity contribution in [3.8, 4) is 5.75 Å². The molecule has 0 aliphatic rings. The summed E-state index contributed by atoms with van der Waals surface area (Å²) >= 11 is 0. The fourth-order valence-electron chi connectivity index (χ4n) is 1.26. The zero-order chi connectivity index (χ0) is 11.3. The normalized spacial score (nSPS) is 12.7. The molecule has 0 saturated heterocycles. The predicted molar refractivity (Wildman–Crippen MR) is 56.0 cm³/mol. The third kappa shape index (κ3) is 4.27. The smallest absolute Gasteiger partial charge is 0.127 e. The van der Waals surface area contributed by atoms with Gasteiger partial charge in [-0.3, -0.25) is 0 Å². The molecule has 0 saturated carbocycles. The van der Waals surface area contributed by atoms with E-state index in [4.69, 9.17) is 10.2 Å². The molecule has 0 aliphatic carbocycles. The lowest BCUT2D eigenvalue weighted by atomic mass is 10.1. The second kappa shape index (κ2) is 5.68. The highest BCUT2D eigenvalue weighted by Gasteiger charge is 2.01. The summed E-state index contributed by atoms with van der Waals surface area (Å²) in [6.07, 6.45) is 0.